The van der Waals surface area contributed by atoms with Crippen LogP contribution >= 0.6 is 11.8 Å². The van der Waals surface area contributed by atoms with Crippen LogP contribution in [-0.4, -0.2) is 46.2 Å². The van der Waals surface area contributed by atoms with E-state index in [1.165, 1.54) is 11.8 Å². The van der Waals surface area contributed by atoms with E-state index in [-0.39, 0.29) is 29.1 Å². The van der Waals surface area contributed by atoms with E-state index < -0.39 is 0 Å². The number of carbonyl (C=O) groups is 2. The van der Waals surface area contributed by atoms with Gasteiger partial charge in [0.1, 0.15) is 0 Å². The van der Waals surface area contributed by atoms with E-state index in [1.54, 1.807) is 34.9 Å². The number of thioether (sulfide) groups is 1. The van der Waals surface area contributed by atoms with Crippen LogP contribution < -0.4 is 10.9 Å². The molecule has 1 aromatic heterocycles. The highest BCUT2D eigenvalue weighted by Gasteiger charge is 2.19. The van der Waals surface area contributed by atoms with Gasteiger partial charge in [0.05, 0.1) is 29.3 Å². The van der Waals surface area contributed by atoms with E-state index in [4.69, 9.17) is 9.72 Å². The van der Waals surface area contributed by atoms with Crippen LogP contribution in [-0.2, 0) is 11.3 Å². The maximum Gasteiger partial charge on any atom is 0.262 e. The van der Waals surface area contributed by atoms with Crippen LogP contribution in [0.1, 0.15) is 39.1 Å². The summed E-state index contributed by atoms with van der Waals surface area (Å²) in [5, 5.41) is 3.77. The Bertz CT molecular complexity index is 1470. The standard InChI is InChI=1S/C29H27N3O4S/c33-26(21-10-5-2-6-11-21)19-37-29-31-25-16-22(27(34)30-17-23-12-7-15-36-23)13-14-24(25)28(35)32(29)18-20-8-3-1-4-9-20/h1-6,8-11,13-14,16,23H,7,12,15,17-19H2,(H,30,34)/t23-/m0/s1. The lowest BCUT2D eigenvalue weighted by molar-refractivity contribution is 0.0857. The van der Waals surface area contributed by atoms with Crippen LogP contribution in [0.4, 0.5) is 0 Å². The normalized spacial score (nSPS) is 15.1. The molecule has 2 heterocycles. The summed E-state index contributed by atoms with van der Waals surface area (Å²) in [4.78, 5) is 43.8. The van der Waals surface area contributed by atoms with Crippen LogP contribution in [0.5, 0.6) is 0 Å². The Morgan fingerprint density at radius 1 is 1.00 bits per heavy atom. The van der Waals surface area contributed by atoms with Crippen LogP contribution in [0.25, 0.3) is 10.9 Å². The maximum absolute atomic E-state index is 13.6. The van der Waals surface area contributed by atoms with Crippen molar-refractivity contribution in [3.8, 4) is 0 Å². The lowest BCUT2D eigenvalue weighted by atomic mass is 10.1. The molecule has 1 fully saturated rings. The number of nitrogens with one attached hydrogen (secondary N) is 1. The molecule has 37 heavy (non-hydrogen) atoms. The zero-order valence-corrected chi connectivity index (χ0v) is 21.1. The highest BCUT2D eigenvalue weighted by molar-refractivity contribution is 7.99. The van der Waals surface area contributed by atoms with Gasteiger partial charge in [0, 0.05) is 24.3 Å². The third kappa shape index (κ3) is 5.98. The first-order valence-electron chi connectivity index (χ1n) is 12.3. The zero-order chi connectivity index (χ0) is 25.6. The second-order valence-corrected chi connectivity index (χ2v) is 9.87. The first kappa shape index (κ1) is 24.9. The molecule has 7 nitrogen and oxygen atoms in total. The maximum atomic E-state index is 13.6. The van der Waals surface area contributed by atoms with Crippen molar-refractivity contribution in [3.05, 3.63) is 106 Å². The Labute approximate surface area is 218 Å². The van der Waals surface area contributed by atoms with E-state index in [0.29, 0.717) is 40.3 Å². The molecule has 4 aromatic rings. The predicted molar refractivity (Wildman–Crippen MR) is 144 cm³/mol. The number of Topliss-reactive ketones (excluding diaryl/α,β-unsaturated/α-hetero) is 1. The lowest BCUT2D eigenvalue weighted by Crippen LogP contribution is -2.31. The molecule has 0 radical (unpaired) electrons. The van der Waals surface area contributed by atoms with Crippen molar-refractivity contribution in [2.75, 3.05) is 18.9 Å². The van der Waals surface area contributed by atoms with E-state index >= 15 is 0 Å². The van der Waals surface area contributed by atoms with E-state index in [0.717, 1.165) is 25.0 Å². The van der Waals surface area contributed by atoms with Gasteiger partial charge in [-0.15, -0.1) is 0 Å². The summed E-state index contributed by atoms with van der Waals surface area (Å²) in [6.45, 7) is 1.50. The third-order valence-electron chi connectivity index (χ3n) is 6.31. The molecule has 1 amide bonds. The average molecular weight is 514 g/mol. The number of hydrogen-bond acceptors (Lipinski definition) is 6. The van der Waals surface area contributed by atoms with Crippen molar-refractivity contribution in [3.63, 3.8) is 0 Å². The van der Waals surface area contributed by atoms with Crippen molar-refractivity contribution >= 4 is 34.4 Å². The number of hydrogen-bond donors (Lipinski definition) is 1. The molecular weight excluding hydrogens is 486 g/mol. The third-order valence-corrected chi connectivity index (χ3v) is 7.28. The van der Waals surface area contributed by atoms with Gasteiger partial charge in [-0.2, -0.15) is 0 Å². The van der Waals surface area contributed by atoms with Crippen LogP contribution in [0, 0.1) is 0 Å². The number of benzene rings is 3. The number of aromatic nitrogens is 2. The summed E-state index contributed by atoms with van der Waals surface area (Å²) in [5.74, 6) is -0.146. The van der Waals surface area contributed by atoms with Gasteiger partial charge in [0.15, 0.2) is 10.9 Å². The van der Waals surface area contributed by atoms with Crippen molar-refractivity contribution in [1.82, 2.24) is 14.9 Å². The SMILES string of the molecule is O=C(CSc1nc2cc(C(=O)NC[C@@H]3CCCO3)ccc2c(=O)n1Cc1ccccc1)c1ccccc1. The Kier molecular flexibility index (Phi) is 7.77. The number of fused-ring (bicyclic) bond motifs is 1. The van der Waals surface area contributed by atoms with Crippen molar-refractivity contribution in [2.45, 2.75) is 30.6 Å². The number of rotatable bonds is 9. The second-order valence-electron chi connectivity index (χ2n) is 8.93. The summed E-state index contributed by atoms with van der Waals surface area (Å²) in [6.07, 6.45) is 1.98. The average Bonchev–Trinajstić information content (AvgIpc) is 3.47. The summed E-state index contributed by atoms with van der Waals surface area (Å²) in [6, 6.07) is 23.6. The van der Waals surface area contributed by atoms with Gasteiger partial charge in [-0.05, 0) is 36.6 Å². The number of carbonyl (C=O) groups excluding carboxylic acids is 2. The monoisotopic (exact) mass is 513 g/mol. The van der Waals surface area contributed by atoms with Crippen LogP contribution in [0.3, 0.4) is 0 Å². The molecule has 0 spiro atoms. The molecule has 1 atom stereocenters. The number of ether oxygens (including phenoxy) is 1. The van der Waals surface area contributed by atoms with Gasteiger partial charge in [-0.3, -0.25) is 19.0 Å². The molecule has 188 valence electrons. The summed E-state index contributed by atoms with van der Waals surface area (Å²) >= 11 is 1.22. The molecule has 0 saturated carbocycles. The summed E-state index contributed by atoms with van der Waals surface area (Å²) in [7, 11) is 0. The van der Waals surface area contributed by atoms with Crippen molar-refractivity contribution < 1.29 is 14.3 Å². The molecule has 1 aliphatic rings. The van der Waals surface area contributed by atoms with E-state index in [2.05, 4.69) is 5.32 Å². The van der Waals surface area contributed by atoms with Gasteiger partial charge >= 0.3 is 0 Å². The quantitative estimate of drug-likeness (QED) is 0.204. The van der Waals surface area contributed by atoms with Crippen LogP contribution in [0.2, 0.25) is 0 Å². The first-order chi connectivity index (χ1) is 18.1. The first-order valence-corrected chi connectivity index (χ1v) is 13.3. The highest BCUT2D eigenvalue weighted by atomic mass is 32.2. The van der Waals surface area contributed by atoms with Crippen molar-refractivity contribution in [1.29, 1.82) is 0 Å². The lowest BCUT2D eigenvalue weighted by Gasteiger charge is -2.14. The number of ketones is 1. The molecule has 1 saturated heterocycles. The smallest absolute Gasteiger partial charge is 0.262 e. The van der Waals surface area contributed by atoms with E-state index in [1.807, 2.05) is 48.5 Å². The minimum atomic E-state index is -0.235. The molecule has 0 aliphatic carbocycles. The number of amides is 1. The minimum absolute atomic E-state index is 0.0397. The zero-order valence-electron chi connectivity index (χ0n) is 20.3. The number of nitrogens with zero attached hydrogens (tertiary/aromatic N) is 2. The van der Waals surface area contributed by atoms with Gasteiger partial charge in [-0.25, -0.2) is 4.98 Å². The largest absolute Gasteiger partial charge is 0.376 e. The fourth-order valence-corrected chi connectivity index (χ4v) is 5.20. The summed E-state index contributed by atoms with van der Waals surface area (Å²) in [5.41, 5.74) is 2.20. The fraction of sp³-hybridized carbons (Fsp3) is 0.241. The highest BCUT2D eigenvalue weighted by Crippen LogP contribution is 2.21. The minimum Gasteiger partial charge on any atom is -0.376 e. The van der Waals surface area contributed by atoms with E-state index in [9.17, 15) is 14.4 Å². The molecule has 1 N–H and O–H groups in total. The Morgan fingerprint density at radius 2 is 1.76 bits per heavy atom. The van der Waals surface area contributed by atoms with Gasteiger partial charge in [-0.1, -0.05) is 72.4 Å². The van der Waals surface area contributed by atoms with Gasteiger partial charge in [0.25, 0.3) is 11.5 Å². The fourth-order valence-electron chi connectivity index (χ4n) is 4.31. The van der Waals surface area contributed by atoms with Gasteiger partial charge in [0.2, 0.25) is 0 Å². The Hall–Kier alpha value is -3.75. The Balaban J connectivity index is 1.45. The Morgan fingerprint density at radius 3 is 2.49 bits per heavy atom. The molecule has 0 bridgehead atoms. The molecule has 8 heteroatoms. The molecule has 1 aliphatic heterocycles. The molecule has 3 aromatic carbocycles. The molecule has 5 rings (SSSR count). The van der Waals surface area contributed by atoms with Crippen LogP contribution in [0.15, 0.2) is 88.8 Å². The predicted octanol–water partition coefficient (Wildman–Crippen LogP) is 4.33. The molecule has 0 unspecified atom stereocenters. The second kappa shape index (κ2) is 11.5. The molecular formula is C29H27N3O4S. The van der Waals surface area contributed by atoms with Gasteiger partial charge < -0.3 is 10.1 Å². The van der Waals surface area contributed by atoms with Crippen molar-refractivity contribution in [2.24, 2.45) is 0 Å². The topological polar surface area (TPSA) is 90.3 Å². The summed E-state index contributed by atoms with van der Waals surface area (Å²) < 4.78 is 7.17.